The van der Waals surface area contributed by atoms with E-state index in [-0.39, 0.29) is 24.0 Å². The number of aromatic nitrogens is 3. The molecule has 0 saturated heterocycles. The lowest BCUT2D eigenvalue weighted by atomic mass is 10.2. The average Bonchev–Trinajstić information content (AvgIpc) is 2.95. The highest BCUT2D eigenvalue weighted by molar-refractivity contribution is 5.78. The first-order valence-electron chi connectivity index (χ1n) is 7.47. The number of rotatable bonds is 5. The van der Waals surface area contributed by atoms with Crippen molar-refractivity contribution in [3.8, 4) is 0 Å². The molecular weight excluding hydrogens is 385 g/mol. The van der Waals surface area contributed by atoms with Gasteiger partial charge in [-0.1, -0.05) is 31.6 Å². The van der Waals surface area contributed by atoms with Crippen LogP contribution in [-0.2, 0) is 6.54 Å². The molecule has 0 aliphatic heterocycles. The summed E-state index contributed by atoms with van der Waals surface area (Å²) in [5.74, 6) is 0.888. The largest absolute Gasteiger partial charge is 1.00 e. The molecule has 1 aromatic carbocycles. The molecule has 0 saturated carbocycles. The van der Waals surface area contributed by atoms with Crippen LogP contribution in [0.15, 0.2) is 48.8 Å². The van der Waals surface area contributed by atoms with Crippen molar-refractivity contribution in [3.05, 3.63) is 60.2 Å². The number of hydrogen-bond acceptors (Lipinski definition) is 1. The van der Waals surface area contributed by atoms with Crippen molar-refractivity contribution in [2.24, 2.45) is 0 Å². The van der Waals surface area contributed by atoms with E-state index in [0.29, 0.717) is 0 Å². The molecule has 0 unspecified atom stereocenters. The van der Waals surface area contributed by atoms with Crippen LogP contribution in [0.5, 0.6) is 0 Å². The number of aromatic amines is 1. The predicted octanol–water partition coefficient (Wildman–Crippen LogP) is 0.825. The van der Waals surface area contributed by atoms with Gasteiger partial charge in [0.15, 0.2) is 12.4 Å². The second-order valence-corrected chi connectivity index (χ2v) is 5.20. The summed E-state index contributed by atoms with van der Waals surface area (Å²) in [5, 5.41) is 0. The van der Waals surface area contributed by atoms with Crippen LogP contribution in [0.4, 0.5) is 0 Å². The van der Waals surface area contributed by atoms with Crippen molar-refractivity contribution in [2.75, 3.05) is 0 Å². The topological polar surface area (TPSA) is 32.6 Å². The van der Waals surface area contributed by atoms with Crippen LogP contribution < -0.4 is 28.5 Å². The highest BCUT2D eigenvalue weighted by atomic mass is 127. The number of aryl methyl sites for hydroxylation is 1. The fourth-order valence-corrected chi connectivity index (χ4v) is 2.30. The minimum absolute atomic E-state index is 0. The second-order valence-electron chi connectivity index (χ2n) is 5.20. The van der Waals surface area contributed by atoms with E-state index < -0.39 is 0 Å². The van der Waals surface area contributed by atoms with Crippen LogP contribution in [0.1, 0.15) is 31.2 Å². The molecule has 0 atom stereocenters. The average molecular weight is 405 g/mol. The molecule has 3 rings (SSSR count). The standard InChI is InChI=1S/C18H19N3.HI/c1-2-3-12-21-13-10-15(11-14-21)8-9-18-19-16-6-4-5-7-17(16)20-18;/h4-11,13-14H,2-3,12H2,1H3;1H. The van der Waals surface area contributed by atoms with Crippen LogP contribution in [0.25, 0.3) is 23.2 Å². The third-order valence-corrected chi connectivity index (χ3v) is 3.53. The fraction of sp³-hybridized carbons (Fsp3) is 0.222. The van der Waals surface area contributed by atoms with Gasteiger partial charge in [-0.15, -0.1) is 0 Å². The van der Waals surface area contributed by atoms with Gasteiger partial charge in [0.25, 0.3) is 0 Å². The van der Waals surface area contributed by atoms with E-state index in [1.54, 1.807) is 0 Å². The Bertz CT molecular complexity index is 711. The lowest BCUT2D eigenvalue weighted by Crippen LogP contribution is -3.00. The summed E-state index contributed by atoms with van der Waals surface area (Å²) >= 11 is 0. The summed E-state index contributed by atoms with van der Waals surface area (Å²) < 4.78 is 2.22. The van der Waals surface area contributed by atoms with E-state index >= 15 is 0 Å². The first-order valence-corrected chi connectivity index (χ1v) is 7.47. The maximum Gasteiger partial charge on any atom is 0.169 e. The smallest absolute Gasteiger partial charge is 0.169 e. The third-order valence-electron chi connectivity index (χ3n) is 3.53. The number of imidazole rings is 1. The molecule has 4 heteroatoms. The number of halogens is 1. The van der Waals surface area contributed by atoms with Gasteiger partial charge in [-0.25, -0.2) is 9.55 Å². The van der Waals surface area contributed by atoms with Gasteiger partial charge in [-0.2, -0.15) is 0 Å². The van der Waals surface area contributed by atoms with Crippen molar-refractivity contribution in [1.29, 1.82) is 0 Å². The molecule has 2 heterocycles. The summed E-state index contributed by atoms with van der Waals surface area (Å²) in [7, 11) is 0. The van der Waals surface area contributed by atoms with Gasteiger partial charge >= 0.3 is 0 Å². The highest BCUT2D eigenvalue weighted by Crippen LogP contribution is 2.12. The Morgan fingerprint density at radius 1 is 1.09 bits per heavy atom. The Kier molecular flexibility index (Phi) is 6.12. The minimum Gasteiger partial charge on any atom is -1.00 e. The van der Waals surface area contributed by atoms with Gasteiger partial charge in [0, 0.05) is 18.6 Å². The lowest BCUT2D eigenvalue weighted by molar-refractivity contribution is -0.697. The molecule has 0 aliphatic carbocycles. The van der Waals surface area contributed by atoms with Crippen LogP contribution in [-0.4, -0.2) is 9.97 Å². The lowest BCUT2D eigenvalue weighted by Gasteiger charge is -1.95. The molecule has 0 fully saturated rings. The van der Waals surface area contributed by atoms with Crippen molar-refractivity contribution >= 4 is 23.2 Å². The number of fused-ring (bicyclic) bond motifs is 1. The third kappa shape index (κ3) is 4.16. The number of nitrogens with one attached hydrogen (secondary N) is 1. The van der Waals surface area contributed by atoms with Crippen LogP contribution in [0.3, 0.4) is 0 Å². The monoisotopic (exact) mass is 405 g/mol. The molecule has 114 valence electrons. The zero-order valence-electron chi connectivity index (χ0n) is 12.7. The Balaban J connectivity index is 0.00000176. The van der Waals surface area contributed by atoms with Crippen LogP contribution >= 0.6 is 0 Å². The van der Waals surface area contributed by atoms with Gasteiger partial charge in [0.2, 0.25) is 0 Å². The van der Waals surface area contributed by atoms with Gasteiger partial charge in [-0.05, 0) is 23.8 Å². The molecule has 0 radical (unpaired) electrons. The molecule has 3 nitrogen and oxygen atoms in total. The summed E-state index contributed by atoms with van der Waals surface area (Å²) in [4.78, 5) is 7.84. The molecular formula is C18H20IN3. The molecule has 2 aromatic heterocycles. The number of para-hydroxylation sites is 2. The second kappa shape index (κ2) is 8.08. The molecule has 0 bridgehead atoms. The minimum atomic E-state index is 0. The predicted molar refractivity (Wildman–Crippen MR) is 86.6 cm³/mol. The first-order chi connectivity index (χ1) is 10.3. The quantitative estimate of drug-likeness (QED) is 0.495. The van der Waals surface area contributed by atoms with E-state index in [9.17, 15) is 0 Å². The van der Waals surface area contributed by atoms with E-state index in [2.05, 4.69) is 52.1 Å². The van der Waals surface area contributed by atoms with Crippen molar-refractivity contribution in [1.82, 2.24) is 9.97 Å². The fourth-order valence-electron chi connectivity index (χ4n) is 2.30. The molecule has 22 heavy (non-hydrogen) atoms. The Labute approximate surface area is 148 Å². The van der Waals surface area contributed by atoms with Gasteiger partial charge in [0.1, 0.15) is 12.4 Å². The molecule has 1 N–H and O–H groups in total. The SMILES string of the molecule is CCCC[n+]1ccc(/C=C/c2nc3ccccc3[nH]2)cc1.[I-]. The summed E-state index contributed by atoms with van der Waals surface area (Å²) in [6, 6.07) is 12.3. The summed E-state index contributed by atoms with van der Waals surface area (Å²) in [6.45, 7) is 3.30. The Hall–Kier alpha value is -1.69. The van der Waals surface area contributed by atoms with E-state index in [0.717, 1.165) is 23.4 Å². The number of nitrogens with zero attached hydrogens (tertiary/aromatic N) is 2. The molecule has 3 aromatic rings. The Morgan fingerprint density at radius 2 is 1.86 bits per heavy atom. The van der Waals surface area contributed by atoms with Gasteiger partial charge in [0.05, 0.1) is 11.0 Å². The normalized spacial score (nSPS) is 11.0. The van der Waals surface area contributed by atoms with Crippen LogP contribution in [0.2, 0.25) is 0 Å². The number of hydrogen-bond donors (Lipinski definition) is 1. The maximum absolute atomic E-state index is 4.54. The molecule has 0 amide bonds. The van der Waals surface area contributed by atoms with Gasteiger partial charge < -0.3 is 29.0 Å². The Morgan fingerprint density at radius 3 is 2.59 bits per heavy atom. The maximum atomic E-state index is 4.54. The van der Waals surface area contributed by atoms with Crippen LogP contribution in [0, 0.1) is 0 Å². The van der Waals surface area contributed by atoms with Crippen molar-refractivity contribution in [3.63, 3.8) is 0 Å². The number of H-pyrrole nitrogens is 1. The summed E-state index contributed by atoms with van der Waals surface area (Å²) in [6.07, 6.45) is 10.8. The molecule has 0 spiro atoms. The van der Waals surface area contributed by atoms with E-state index in [4.69, 9.17) is 0 Å². The number of benzene rings is 1. The highest BCUT2D eigenvalue weighted by Gasteiger charge is 2.00. The van der Waals surface area contributed by atoms with E-state index in [1.807, 2.05) is 30.3 Å². The zero-order chi connectivity index (χ0) is 14.5. The number of unbranched alkanes of at least 4 members (excludes halogenated alkanes) is 1. The summed E-state index contributed by atoms with van der Waals surface area (Å²) in [5.41, 5.74) is 3.26. The first kappa shape index (κ1) is 16.7. The van der Waals surface area contributed by atoms with E-state index in [1.165, 1.54) is 18.4 Å². The van der Waals surface area contributed by atoms with Gasteiger partial charge in [-0.3, -0.25) is 0 Å². The van der Waals surface area contributed by atoms with Crippen molar-refractivity contribution in [2.45, 2.75) is 26.3 Å². The molecule has 0 aliphatic rings. The number of pyridine rings is 1. The van der Waals surface area contributed by atoms with Crippen molar-refractivity contribution < 1.29 is 28.5 Å². The zero-order valence-corrected chi connectivity index (χ0v) is 14.8.